The van der Waals surface area contributed by atoms with Gasteiger partial charge in [-0.1, -0.05) is 6.07 Å². The zero-order chi connectivity index (χ0) is 21.8. The molecule has 7 nitrogen and oxygen atoms in total. The van der Waals surface area contributed by atoms with Crippen LogP contribution in [0.1, 0.15) is 41.4 Å². The van der Waals surface area contributed by atoms with Gasteiger partial charge >= 0.3 is 0 Å². The molecule has 4 rings (SSSR count). The molecule has 1 N–H and O–H groups in total. The summed E-state index contributed by atoms with van der Waals surface area (Å²) in [6.07, 6.45) is 8.66. The number of benzene rings is 1. The highest BCUT2D eigenvalue weighted by atomic mass is 16.2. The summed E-state index contributed by atoms with van der Waals surface area (Å²) in [5.41, 5.74) is 4.68. The molecule has 3 heterocycles. The SMILES string of the molecule is Cc1ccc(-c2cc(C(=O)NCCc3cnccn3)cc(N3C(=O)CCC3C)c2)nc1. The van der Waals surface area contributed by atoms with E-state index in [2.05, 4.69) is 20.3 Å². The summed E-state index contributed by atoms with van der Waals surface area (Å²) >= 11 is 0. The highest BCUT2D eigenvalue weighted by Crippen LogP contribution is 2.31. The van der Waals surface area contributed by atoms with E-state index in [1.165, 1.54) is 0 Å². The predicted molar refractivity (Wildman–Crippen MR) is 119 cm³/mol. The molecule has 1 aliphatic rings. The van der Waals surface area contributed by atoms with Gasteiger partial charge in [0, 0.05) is 67.0 Å². The topological polar surface area (TPSA) is 88.1 Å². The van der Waals surface area contributed by atoms with Crippen LogP contribution in [0.4, 0.5) is 5.69 Å². The average Bonchev–Trinajstić information content (AvgIpc) is 3.12. The second-order valence-electron chi connectivity index (χ2n) is 7.84. The third-order valence-electron chi connectivity index (χ3n) is 5.43. The Kier molecular flexibility index (Phi) is 6.02. The van der Waals surface area contributed by atoms with Gasteiger partial charge in [-0.15, -0.1) is 0 Å². The molecule has 3 aromatic rings. The molecule has 7 heteroatoms. The van der Waals surface area contributed by atoms with Crippen LogP contribution in [0.3, 0.4) is 0 Å². The molecule has 1 fully saturated rings. The summed E-state index contributed by atoms with van der Waals surface area (Å²) < 4.78 is 0. The number of anilines is 1. The van der Waals surface area contributed by atoms with Crippen molar-refractivity contribution in [2.24, 2.45) is 0 Å². The van der Waals surface area contributed by atoms with Crippen LogP contribution in [-0.2, 0) is 11.2 Å². The first-order valence-corrected chi connectivity index (χ1v) is 10.4. The molecule has 0 saturated carbocycles. The van der Waals surface area contributed by atoms with Crippen LogP contribution >= 0.6 is 0 Å². The van der Waals surface area contributed by atoms with E-state index in [9.17, 15) is 9.59 Å². The van der Waals surface area contributed by atoms with Crippen molar-refractivity contribution in [1.29, 1.82) is 0 Å². The monoisotopic (exact) mass is 415 g/mol. The smallest absolute Gasteiger partial charge is 0.251 e. The Bertz CT molecular complexity index is 1080. The Labute approximate surface area is 181 Å². The summed E-state index contributed by atoms with van der Waals surface area (Å²) in [4.78, 5) is 40.0. The van der Waals surface area contributed by atoms with E-state index in [1.54, 1.807) is 35.8 Å². The fourth-order valence-electron chi connectivity index (χ4n) is 3.76. The molecule has 1 aliphatic heterocycles. The van der Waals surface area contributed by atoms with Gasteiger partial charge in [0.05, 0.1) is 11.4 Å². The van der Waals surface area contributed by atoms with Crippen LogP contribution in [0.25, 0.3) is 11.3 Å². The molecule has 0 radical (unpaired) electrons. The van der Waals surface area contributed by atoms with Crippen molar-refractivity contribution in [3.8, 4) is 11.3 Å². The van der Waals surface area contributed by atoms with E-state index in [0.717, 1.165) is 34.6 Å². The zero-order valence-corrected chi connectivity index (χ0v) is 17.7. The number of hydrogen-bond donors (Lipinski definition) is 1. The quantitative estimate of drug-likeness (QED) is 0.667. The fraction of sp³-hybridized carbons (Fsp3) is 0.292. The number of amides is 2. The first-order chi connectivity index (χ1) is 15.0. The highest BCUT2D eigenvalue weighted by molar-refractivity contribution is 6.01. The maximum absolute atomic E-state index is 12.9. The van der Waals surface area contributed by atoms with Crippen LogP contribution in [0.5, 0.6) is 0 Å². The Hall–Kier alpha value is -3.61. The zero-order valence-electron chi connectivity index (χ0n) is 17.7. The molecule has 1 aromatic carbocycles. The number of nitrogens with one attached hydrogen (secondary N) is 1. The van der Waals surface area contributed by atoms with Gasteiger partial charge in [0.15, 0.2) is 0 Å². The molecule has 0 aliphatic carbocycles. The number of aromatic nitrogens is 3. The molecule has 31 heavy (non-hydrogen) atoms. The number of nitrogens with zero attached hydrogens (tertiary/aromatic N) is 4. The first-order valence-electron chi connectivity index (χ1n) is 10.4. The lowest BCUT2D eigenvalue weighted by Gasteiger charge is -2.23. The molecule has 1 atom stereocenters. The second kappa shape index (κ2) is 9.04. The number of pyridine rings is 1. The van der Waals surface area contributed by atoms with Crippen LogP contribution < -0.4 is 10.2 Å². The number of carbonyl (C=O) groups excluding carboxylic acids is 2. The lowest BCUT2D eigenvalue weighted by Crippen LogP contribution is -2.31. The van der Waals surface area contributed by atoms with Crippen molar-refractivity contribution in [3.05, 3.63) is 71.9 Å². The average molecular weight is 415 g/mol. The Morgan fingerprint density at radius 1 is 1.16 bits per heavy atom. The lowest BCUT2D eigenvalue weighted by molar-refractivity contribution is -0.117. The molecule has 1 saturated heterocycles. The van der Waals surface area contributed by atoms with E-state index in [1.807, 2.05) is 38.1 Å². The van der Waals surface area contributed by atoms with Crippen molar-refractivity contribution in [2.45, 2.75) is 39.2 Å². The van der Waals surface area contributed by atoms with Crippen molar-refractivity contribution in [2.75, 3.05) is 11.4 Å². The third-order valence-corrected chi connectivity index (χ3v) is 5.43. The van der Waals surface area contributed by atoms with Crippen molar-refractivity contribution in [3.63, 3.8) is 0 Å². The third kappa shape index (κ3) is 4.77. The maximum atomic E-state index is 12.9. The summed E-state index contributed by atoms with van der Waals surface area (Å²) in [6.45, 7) is 4.45. The molecule has 2 amide bonds. The summed E-state index contributed by atoms with van der Waals surface area (Å²) in [5.74, 6) is -0.117. The molecule has 158 valence electrons. The van der Waals surface area contributed by atoms with E-state index < -0.39 is 0 Å². The highest BCUT2D eigenvalue weighted by Gasteiger charge is 2.29. The standard InChI is InChI=1S/C24H25N5O2/c1-16-3-5-22(28-14-16)18-11-19(13-21(12-18)29-17(2)4-6-23(29)30)24(31)27-8-7-20-15-25-9-10-26-20/h3,5,9-15,17H,4,6-8H2,1-2H3,(H,27,31). The second-order valence-corrected chi connectivity index (χ2v) is 7.84. The van der Waals surface area contributed by atoms with Crippen molar-refractivity contribution in [1.82, 2.24) is 20.3 Å². The van der Waals surface area contributed by atoms with Gasteiger partial charge in [-0.25, -0.2) is 0 Å². The van der Waals surface area contributed by atoms with Gasteiger partial charge in [-0.2, -0.15) is 0 Å². The fourth-order valence-corrected chi connectivity index (χ4v) is 3.76. The molecule has 0 spiro atoms. The minimum Gasteiger partial charge on any atom is -0.352 e. The summed E-state index contributed by atoms with van der Waals surface area (Å²) in [5, 5.41) is 2.94. The number of carbonyl (C=O) groups is 2. The summed E-state index contributed by atoms with van der Waals surface area (Å²) in [6, 6.07) is 9.56. The molecule has 0 bridgehead atoms. The summed E-state index contributed by atoms with van der Waals surface area (Å²) in [7, 11) is 0. The lowest BCUT2D eigenvalue weighted by atomic mass is 10.0. The number of rotatable bonds is 6. The minimum absolute atomic E-state index is 0.0792. The van der Waals surface area contributed by atoms with Gasteiger partial charge in [-0.05, 0) is 50.1 Å². The van der Waals surface area contributed by atoms with Crippen LogP contribution in [0.2, 0.25) is 0 Å². The molecular weight excluding hydrogens is 390 g/mol. The Morgan fingerprint density at radius 2 is 2.03 bits per heavy atom. The van der Waals surface area contributed by atoms with E-state index in [4.69, 9.17) is 0 Å². The molecular formula is C24H25N5O2. The number of hydrogen-bond acceptors (Lipinski definition) is 5. The van der Waals surface area contributed by atoms with Gasteiger partial charge < -0.3 is 10.2 Å². The normalized spacial score (nSPS) is 15.9. The van der Waals surface area contributed by atoms with Gasteiger partial charge in [-0.3, -0.25) is 24.5 Å². The molecule has 1 unspecified atom stereocenters. The van der Waals surface area contributed by atoms with Gasteiger partial charge in [0.1, 0.15) is 0 Å². The Morgan fingerprint density at radius 3 is 2.71 bits per heavy atom. The van der Waals surface area contributed by atoms with Gasteiger partial charge in [0.2, 0.25) is 5.91 Å². The first kappa shape index (κ1) is 20.7. The number of aryl methyl sites for hydroxylation is 1. The van der Waals surface area contributed by atoms with E-state index in [0.29, 0.717) is 24.9 Å². The van der Waals surface area contributed by atoms with E-state index >= 15 is 0 Å². The van der Waals surface area contributed by atoms with Crippen molar-refractivity contribution >= 4 is 17.5 Å². The maximum Gasteiger partial charge on any atom is 0.251 e. The minimum atomic E-state index is -0.196. The Balaban J connectivity index is 1.61. The molecule has 2 aromatic heterocycles. The van der Waals surface area contributed by atoms with E-state index in [-0.39, 0.29) is 17.9 Å². The largest absolute Gasteiger partial charge is 0.352 e. The van der Waals surface area contributed by atoms with Gasteiger partial charge in [0.25, 0.3) is 5.91 Å². The van der Waals surface area contributed by atoms with Crippen molar-refractivity contribution < 1.29 is 9.59 Å². The van der Waals surface area contributed by atoms with Crippen LogP contribution in [0.15, 0.2) is 55.1 Å². The van der Waals surface area contributed by atoms with Crippen LogP contribution in [0, 0.1) is 6.92 Å². The van der Waals surface area contributed by atoms with Crippen LogP contribution in [-0.4, -0.2) is 39.4 Å². The predicted octanol–water partition coefficient (Wildman–Crippen LogP) is 3.33.